The third-order valence-corrected chi connectivity index (χ3v) is 6.30. The normalized spacial score (nSPS) is 28.7. The van der Waals surface area contributed by atoms with Crippen LogP contribution in [0.3, 0.4) is 0 Å². The molecular formula is C18H20ClF4N3O2. The van der Waals surface area contributed by atoms with E-state index in [1.165, 1.54) is 6.92 Å². The van der Waals surface area contributed by atoms with E-state index in [1.807, 2.05) is 0 Å². The summed E-state index contributed by atoms with van der Waals surface area (Å²) in [5, 5.41) is 1.87. The number of primary amides is 1. The summed E-state index contributed by atoms with van der Waals surface area (Å²) in [5.41, 5.74) is 3.72. The SMILES string of the molecule is CC1([C@@H](c2ccc(F)c(Cl)c2F)C2CC(C(F)F)C2)C(=O)NCCN1C(N)=O. The van der Waals surface area contributed by atoms with E-state index >= 15 is 0 Å². The Labute approximate surface area is 164 Å². The van der Waals surface area contributed by atoms with Crippen LogP contribution < -0.4 is 11.1 Å². The van der Waals surface area contributed by atoms with Crippen molar-refractivity contribution >= 4 is 23.5 Å². The summed E-state index contributed by atoms with van der Waals surface area (Å²) in [7, 11) is 0. The van der Waals surface area contributed by atoms with Crippen LogP contribution in [0.25, 0.3) is 0 Å². The number of hydrogen-bond donors (Lipinski definition) is 2. The van der Waals surface area contributed by atoms with Gasteiger partial charge in [0, 0.05) is 24.9 Å². The number of piperazine rings is 1. The molecule has 1 aromatic carbocycles. The summed E-state index contributed by atoms with van der Waals surface area (Å²) < 4.78 is 54.6. The minimum atomic E-state index is -2.54. The van der Waals surface area contributed by atoms with Crippen LogP contribution in [0, 0.1) is 23.5 Å². The Hall–Kier alpha value is -2.03. The average molecular weight is 422 g/mol. The molecule has 1 aliphatic carbocycles. The molecule has 3 rings (SSSR count). The maximum atomic E-state index is 14.9. The first-order valence-electron chi connectivity index (χ1n) is 8.85. The Morgan fingerprint density at radius 1 is 1.32 bits per heavy atom. The minimum Gasteiger partial charge on any atom is -0.352 e. The van der Waals surface area contributed by atoms with Crippen LogP contribution >= 0.6 is 11.6 Å². The van der Waals surface area contributed by atoms with Crippen LogP contribution in [0.2, 0.25) is 5.02 Å². The summed E-state index contributed by atoms with van der Waals surface area (Å²) in [6, 6.07) is 1.21. The lowest BCUT2D eigenvalue weighted by Gasteiger charge is -2.53. The van der Waals surface area contributed by atoms with Crippen molar-refractivity contribution in [1.29, 1.82) is 0 Å². The molecule has 0 aromatic heterocycles. The molecule has 2 fully saturated rings. The molecule has 3 amide bonds. The number of carbonyl (C=O) groups is 2. The molecule has 1 saturated carbocycles. The highest BCUT2D eigenvalue weighted by molar-refractivity contribution is 6.31. The maximum Gasteiger partial charge on any atom is 0.315 e. The molecule has 10 heteroatoms. The zero-order valence-electron chi connectivity index (χ0n) is 15.0. The van der Waals surface area contributed by atoms with E-state index in [9.17, 15) is 27.2 Å². The molecule has 5 nitrogen and oxygen atoms in total. The number of nitrogens with zero attached hydrogens (tertiary/aromatic N) is 1. The molecule has 28 heavy (non-hydrogen) atoms. The number of hydrogen-bond acceptors (Lipinski definition) is 2. The number of benzene rings is 1. The van der Waals surface area contributed by atoms with Crippen molar-refractivity contribution in [2.75, 3.05) is 13.1 Å². The van der Waals surface area contributed by atoms with Gasteiger partial charge in [-0.1, -0.05) is 17.7 Å². The number of nitrogens with one attached hydrogen (secondary N) is 1. The molecule has 2 aliphatic rings. The second-order valence-corrected chi connectivity index (χ2v) is 7.84. The number of urea groups is 1. The summed E-state index contributed by atoms with van der Waals surface area (Å²) in [5.74, 6) is -5.08. The van der Waals surface area contributed by atoms with Gasteiger partial charge in [-0.05, 0) is 37.3 Å². The number of amides is 3. The maximum absolute atomic E-state index is 14.9. The second kappa shape index (κ2) is 7.42. The highest BCUT2D eigenvalue weighted by Crippen LogP contribution is 2.52. The molecule has 0 radical (unpaired) electrons. The molecule has 1 aromatic rings. The molecule has 2 atom stereocenters. The number of carbonyl (C=O) groups excluding carboxylic acids is 2. The van der Waals surface area contributed by atoms with E-state index in [-0.39, 0.29) is 31.5 Å². The number of rotatable bonds is 4. The summed E-state index contributed by atoms with van der Waals surface area (Å²) in [4.78, 5) is 26.0. The largest absolute Gasteiger partial charge is 0.352 e. The predicted molar refractivity (Wildman–Crippen MR) is 94.0 cm³/mol. The lowest BCUT2D eigenvalue weighted by molar-refractivity contribution is -0.138. The van der Waals surface area contributed by atoms with Crippen molar-refractivity contribution in [2.24, 2.45) is 17.6 Å². The summed E-state index contributed by atoms with van der Waals surface area (Å²) >= 11 is 5.72. The molecule has 1 unspecified atom stereocenters. The van der Waals surface area contributed by atoms with Crippen molar-refractivity contribution in [3.63, 3.8) is 0 Å². The molecule has 3 N–H and O–H groups in total. The van der Waals surface area contributed by atoms with E-state index in [0.717, 1.165) is 17.0 Å². The number of halogens is 5. The van der Waals surface area contributed by atoms with Crippen molar-refractivity contribution in [3.8, 4) is 0 Å². The van der Waals surface area contributed by atoms with Gasteiger partial charge in [-0.25, -0.2) is 22.4 Å². The average Bonchev–Trinajstić information content (AvgIpc) is 2.58. The van der Waals surface area contributed by atoms with E-state index in [2.05, 4.69) is 5.32 Å². The Morgan fingerprint density at radius 2 is 1.96 bits per heavy atom. The van der Waals surface area contributed by atoms with Crippen LogP contribution in [-0.4, -0.2) is 41.9 Å². The van der Waals surface area contributed by atoms with Gasteiger partial charge in [0.15, 0.2) is 0 Å². The fraction of sp³-hybridized carbons (Fsp3) is 0.556. The molecular weight excluding hydrogens is 402 g/mol. The third kappa shape index (κ3) is 3.19. The fourth-order valence-electron chi connectivity index (χ4n) is 4.45. The molecule has 154 valence electrons. The highest BCUT2D eigenvalue weighted by atomic mass is 35.5. The van der Waals surface area contributed by atoms with Crippen LogP contribution in [-0.2, 0) is 4.79 Å². The van der Waals surface area contributed by atoms with Gasteiger partial charge in [0.2, 0.25) is 12.3 Å². The lowest BCUT2D eigenvalue weighted by Crippen LogP contribution is -2.69. The first-order valence-corrected chi connectivity index (χ1v) is 9.23. The number of alkyl halides is 2. The Morgan fingerprint density at radius 3 is 2.54 bits per heavy atom. The first kappa shape index (κ1) is 20.7. The Bertz CT molecular complexity index is 803. The molecule has 1 saturated heterocycles. The zero-order chi connectivity index (χ0) is 20.8. The van der Waals surface area contributed by atoms with Crippen LogP contribution in [0.5, 0.6) is 0 Å². The van der Waals surface area contributed by atoms with E-state index in [4.69, 9.17) is 17.3 Å². The lowest BCUT2D eigenvalue weighted by atomic mass is 9.60. The van der Waals surface area contributed by atoms with Gasteiger partial charge >= 0.3 is 6.03 Å². The predicted octanol–water partition coefficient (Wildman–Crippen LogP) is 3.26. The van der Waals surface area contributed by atoms with Gasteiger partial charge in [-0.3, -0.25) is 4.79 Å². The summed E-state index contributed by atoms with van der Waals surface area (Å²) in [6.45, 7) is 1.65. The van der Waals surface area contributed by atoms with Crippen molar-refractivity contribution in [1.82, 2.24) is 10.2 Å². The van der Waals surface area contributed by atoms with Crippen molar-refractivity contribution < 1.29 is 27.2 Å². The standard InChI is InChI=1S/C18H20ClF4N3O2/c1-18(16(27)25-4-5-26(18)17(24)28)12(8-6-9(7-8)15(22)23)10-2-3-11(20)13(19)14(10)21/h2-3,8-9,12,15H,4-7H2,1H3,(H2,24,28)(H,25,27)/t8?,9?,12-,18?/m1/s1. The van der Waals surface area contributed by atoms with Crippen molar-refractivity contribution in [2.45, 2.75) is 37.6 Å². The van der Waals surface area contributed by atoms with Crippen LogP contribution in [0.15, 0.2) is 12.1 Å². The minimum absolute atomic E-state index is 0.0340. The van der Waals surface area contributed by atoms with Gasteiger partial charge in [-0.15, -0.1) is 0 Å². The monoisotopic (exact) mass is 421 g/mol. The molecule has 0 bridgehead atoms. The zero-order valence-corrected chi connectivity index (χ0v) is 15.8. The van der Waals surface area contributed by atoms with Crippen LogP contribution in [0.1, 0.15) is 31.2 Å². The van der Waals surface area contributed by atoms with E-state index < -0.39 is 58.3 Å². The first-order chi connectivity index (χ1) is 13.1. The molecule has 1 aliphatic heterocycles. The van der Waals surface area contributed by atoms with E-state index in [0.29, 0.717) is 0 Å². The van der Waals surface area contributed by atoms with Crippen LogP contribution in [0.4, 0.5) is 22.4 Å². The van der Waals surface area contributed by atoms with E-state index in [1.54, 1.807) is 0 Å². The Kier molecular flexibility index (Phi) is 5.49. The molecule has 0 spiro atoms. The van der Waals surface area contributed by atoms with Gasteiger partial charge in [0.1, 0.15) is 22.2 Å². The van der Waals surface area contributed by atoms with Gasteiger partial charge in [-0.2, -0.15) is 0 Å². The smallest absolute Gasteiger partial charge is 0.315 e. The second-order valence-electron chi connectivity index (χ2n) is 7.46. The molecule has 1 heterocycles. The highest BCUT2D eigenvalue weighted by Gasteiger charge is 2.56. The van der Waals surface area contributed by atoms with Crippen molar-refractivity contribution in [3.05, 3.63) is 34.4 Å². The summed E-state index contributed by atoms with van der Waals surface area (Å²) in [6.07, 6.45) is -2.47. The fourth-order valence-corrected chi connectivity index (χ4v) is 4.62. The van der Waals surface area contributed by atoms with Gasteiger partial charge < -0.3 is 16.0 Å². The third-order valence-electron chi connectivity index (χ3n) is 5.95. The van der Waals surface area contributed by atoms with Gasteiger partial charge in [0.25, 0.3) is 0 Å². The quantitative estimate of drug-likeness (QED) is 0.578. The number of nitrogens with two attached hydrogens (primary N) is 1. The topological polar surface area (TPSA) is 75.4 Å². The van der Waals surface area contributed by atoms with Gasteiger partial charge in [0.05, 0.1) is 0 Å². The Balaban J connectivity index is 2.12.